The van der Waals surface area contributed by atoms with Gasteiger partial charge in [0.2, 0.25) is 5.91 Å². The first kappa shape index (κ1) is 20.1. The van der Waals surface area contributed by atoms with E-state index in [4.69, 9.17) is 5.84 Å². The number of carbonyl (C=O) groups excluding carboxylic acids is 1. The predicted octanol–water partition coefficient (Wildman–Crippen LogP) is 4.10. The Bertz CT molecular complexity index is 1270. The fourth-order valence-corrected chi connectivity index (χ4v) is 4.70. The number of nitrogens with two attached hydrogens (primary N) is 1. The van der Waals surface area contributed by atoms with E-state index in [1.165, 1.54) is 35.6 Å². The van der Waals surface area contributed by atoms with Crippen molar-refractivity contribution in [3.05, 3.63) is 76.1 Å². The third kappa shape index (κ3) is 3.94. The van der Waals surface area contributed by atoms with Crippen molar-refractivity contribution in [1.29, 1.82) is 0 Å². The Morgan fingerprint density at radius 3 is 2.60 bits per heavy atom. The summed E-state index contributed by atoms with van der Waals surface area (Å²) in [6.45, 7) is 1.68. The minimum absolute atomic E-state index is 0.246. The minimum Gasteiger partial charge on any atom is -0.334 e. The Morgan fingerprint density at radius 2 is 1.90 bits per heavy atom. The number of aromatic nitrogens is 2. The first-order chi connectivity index (χ1) is 14.4. The maximum Gasteiger partial charge on any atom is 0.282 e. The van der Waals surface area contributed by atoms with E-state index in [9.17, 15) is 14.0 Å². The van der Waals surface area contributed by atoms with Crippen LogP contribution in [0.1, 0.15) is 6.92 Å². The topological polar surface area (TPSA) is 90.0 Å². The van der Waals surface area contributed by atoms with Gasteiger partial charge in [0, 0.05) is 16.6 Å². The number of carbonyl (C=O) groups is 1. The van der Waals surface area contributed by atoms with Crippen LogP contribution in [-0.2, 0) is 4.79 Å². The Balaban J connectivity index is 1.60. The molecule has 152 valence electrons. The Kier molecular flexibility index (Phi) is 5.56. The third-order valence-corrected chi connectivity index (χ3v) is 6.39. The zero-order valence-electron chi connectivity index (χ0n) is 15.8. The molecule has 0 aliphatic carbocycles. The molecule has 1 atom stereocenters. The number of nitrogens with zero attached hydrogens (tertiary/aromatic N) is 2. The smallest absolute Gasteiger partial charge is 0.282 e. The number of anilines is 1. The average Bonchev–Trinajstić information content (AvgIpc) is 3.18. The summed E-state index contributed by atoms with van der Waals surface area (Å²) in [6, 6.07) is 15.0. The molecule has 0 saturated carbocycles. The van der Waals surface area contributed by atoms with Gasteiger partial charge in [0.15, 0.2) is 5.16 Å². The van der Waals surface area contributed by atoms with E-state index in [0.29, 0.717) is 15.9 Å². The molecule has 9 heteroatoms. The lowest BCUT2D eigenvalue weighted by Gasteiger charge is -2.13. The second-order valence-corrected chi connectivity index (χ2v) is 8.69. The van der Waals surface area contributed by atoms with Gasteiger partial charge in [0.05, 0.1) is 10.6 Å². The number of halogens is 1. The number of nitrogens with one attached hydrogen (secondary N) is 1. The molecule has 6 nitrogen and oxygen atoms in total. The molecule has 4 aromatic rings. The molecule has 2 aromatic carbocycles. The van der Waals surface area contributed by atoms with E-state index in [2.05, 4.69) is 10.3 Å². The molecule has 0 saturated heterocycles. The highest BCUT2D eigenvalue weighted by Crippen LogP contribution is 2.32. The number of fused-ring (bicyclic) bond motifs is 1. The summed E-state index contributed by atoms with van der Waals surface area (Å²) in [6.07, 6.45) is 0. The summed E-state index contributed by atoms with van der Waals surface area (Å²) in [5.74, 6) is 5.33. The lowest BCUT2D eigenvalue weighted by molar-refractivity contribution is -0.115. The number of benzene rings is 2. The molecule has 0 spiro atoms. The molecule has 0 bridgehead atoms. The molecule has 0 fully saturated rings. The maximum absolute atomic E-state index is 13.0. The molecular weight excluding hydrogens is 423 g/mol. The third-order valence-electron chi connectivity index (χ3n) is 4.46. The molecule has 30 heavy (non-hydrogen) atoms. The van der Waals surface area contributed by atoms with E-state index < -0.39 is 5.25 Å². The summed E-state index contributed by atoms with van der Waals surface area (Å²) in [4.78, 5) is 30.5. The highest BCUT2D eigenvalue weighted by molar-refractivity contribution is 8.00. The molecule has 2 heterocycles. The van der Waals surface area contributed by atoms with E-state index in [1.807, 2.05) is 35.7 Å². The number of thiophene rings is 1. The van der Waals surface area contributed by atoms with Crippen LogP contribution in [0.5, 0.6) is 0 Å². The van der Waals surface area contributed by atoms with Gasteiger partial charge in [-0.05, 0) is 36.8 Å². The highest BCUT2D eigenvalue weighted by Gasteiger charge is 2.21. The van der Waals surface area contributed by atoms with Gasteiger partial charge in [-0.15, -0.1) is 11.3 Å². The standard InChI is InChI=1S/C21H17FN4O2S2/c1-12(18(27)24-15-9-7-14(22)8-10-15)30-21-25-19-17(20(28)26(21)23)16(11-29-19)13-5-3-2-4-6-13/h2-12H,23H2,1H3,(H,24,27). The normalized spacial score (nSPS) is 12.1. The van der Waals surface area contributed by atoms with Crippen LogP contribution in [0, 0.1) is 5.82 Å². The van der Waals surface area contributed by atoms with Crippen molar-refractivity contribution in [2.75, 3.05) is 11.2 Å². The van der Waals surface area contributed by atoms with E-state index >= 15 is 0 Å². The molecule has 1 unspecified atom stereocenters. The Hall–Kier alpha value is -3.17. The number of hydrogen-bond acceptors (Lipinski definition) is 6. The zero-order chi connectivity index (χ0) is 21.3. The van der Waals surface area contributed by atoms with Crippen molar-refractivity contribution < 1.29 is 9.18 Å². The largest absolute Gasteiger partial charge is 0.334 e. The van der Waals surface area contributed by atoms with Crippen molar-refractivity contribution in [2.24, 2.45) is 0 Å². The van der Waals surface area contributed by atoms with Crippen molar-refractivity contribution in [3.8, 4) is 11.1 Å². The summed E-state index contributed by atoms with van der Waals surface area (Å²) < 4.78 is 14.0. The SMILES string of the molecule is CC(Sc1nc2scc(-c3ccccc3)c2c(=O)n1N)C(=O)Nc1ccc(F)cc1. The molecular formula is C21H17FN4O2S2. The van der Waals surface area contributed by atoms with Crippen LogP contribution in [0.15, 0.2) is 69.9 Å². The first-order valence-electron chi connectivity index (χ1n) is 9.02. The molecule has 3 N–H and O–H groups in total. The van der Waals surface area contributed by atoms with E-state index in [0.717, 1.165) is 27.6 Å². The van der Waals surface area contributed by atoms with Crippen LogP contribution in [0.3, 0.4) is 0 Å². The average molecular weight is 441 g/mol. The van der Waals surface area contributed by atoms with Crippen molar-refractivity contribution >= 4 is 44.9 Å². The fraction of sp³-hybridized carbons (Fsp3) is 0.0952. The van der Waals surface area contributed by atoms with Gasteiger partial charge in [-0.25, -0.2) is 14.1 Å². The summed E-state index contributed by atoms with van der Waals surface area (Å²) in [7, 11) is 0. The lowest BCUT2D eigenvalue weighted by atomic mass is 10.1. The number of rotatable bonds is 5. The molecule has 4 rings (SSSR count). The van der Waals surface area contributed by atoms with Crippen LogP contribution >= 0.6 is 23.1 Å². The minimum atomic E-state index is -0.581. The van der Waals surface area contributed by atoms with Crippen molar-refractivity contribution in [2.45, 2.75) is 17.3 Å². The lowest BCUT2D eigenvalue weighted by Crippen LogP contribution is -2.31. The molecule has 1 amide bonds. The van der Waals surface area contributed by atoms with E-state index in [1.54, 1.807) is 6.92 Å². The van der Waals surface area contributed by atoms with Crippen LogP contribution in [0.2, 0.25) is 0 Å². The highest BCUT2D eigenvalue weighted by atomic mass is 32.2. The van der Waals surface area contributed by atoms with Gasteiger partial charge in [0.25, 0.3) is 5.56 Å². The molecule has 0 aliphatic rings. The monoisotopic (exact) mass is 440 g/mol. The second kappa shape index (κ2) is 8.29. The molecule has 0 radical (unpaired) electrons. The number of hydrogen-bond donors (Lipinski definition) is 2. The maximum atomic E-state index is 13.0. The molecule has 2 aromatic heterocycles. The molecule has 0 aliphatic heterocycles. The van der Waals surface area contributed by atoms with Crippen LogP contribution in [0.25, 0.3) is 21.3 Å². The number of thioether (sulfide) groups is 1. The summed E-state index contributed by atoms with van der Waals surface area (Å²) >= 11 is 2.44. The summed E-state index contributed by atoms with van der Waals surface area (Å²) in [5.41, 5.74) is 1.81. The quantitative estimate of drug-likeness (QED) is 0.277. The van der Waals surface area contributed by atoms with Gasteiger partial charge in [-0.2, -0.15) is 0 Å². The van der Waals surface area contributed by atoms with Gasteiger partial charge < -0.3 is 11.2 Å². The van der Waals surface area contributed by atoms with Crippen molar-refractivity contribution in [3.63, 3.8) is 0 Å². The van der Waals surface area contributed by atoms with Crippen LogP contribution in [0.4, 0.5) is 10.1 Å². The first-order valence-corrected chi connectivity index (χ1v) is 10.8. The predicted molar refractivity (Wildman–Crippen MR) is 120 cm³/mol. The fourth-order valence-electron chi connectivity index (χ4n) is 2.89. The zero-order valence-corrected chi connectivity index (χ0v) is 17.5. The van der Waals surface area contributed by atoms with Crippen LogP contribution < -0.4 is 16.7 Å². The van der Waals surface area contributed by atoms with Gasteiger partial charge in [0.1, 0.15) is 10.6 Å². The van der Waals surface area contributed by atoms with E-state index in [-0.39, 0.29) is 22.4 Å². The number of nitrogen functional groups attached to an aromatic ring is 1. The Morgan fingerprint density at radius 1 is 1.20 bits per heavy atom. The summed E-state index contributed by atoms with van der Waals surface area (Å²) in [5, 5.41) is 4.71. The van der Waals surface area contributed by atoms with Crippen molar-refractivity contribution in [1.82, 2.24) is 9.66 Å². The number of amides is 1. The van der Waals surface area contributed by atoms with Gasteiger partial charge in [-0.1, -0.05) is 42.1 Å². The Labute approximate surface area is 179 Å². The van der Waals surface area contributed by atoms with Gasteiger partial charge >= 0.3 is 0 Å². The van der Waals surface area contributed by atoms with Crippen LogP contribution in [-0.4, -0.2) is 20.8 Å². The second-order valence-electron chi connectivity index (χ2n) is 6.52. The van der Waals surface area contributed by atoms with Gasteiger partial charge in [-0.3, -0.25) is 9.59 Å².